The molecule has 0 aliphatic rings. The fourth-order valence-corrected chi connectivity index (χ4v) is 3.58. The van der Waals surface area contributed by atoms with Crippen molar-refractivity contribution in [2.24, 2.45) is 0 Å². The fourth-order valence-electron chi connectivity index (χ4n) is 2.37. The Morgan fingerprint density at radius 1 is 0.935 bits per heavy atom. The molecular weight excluding hydrogens is 434 g/mol. The molecule has 1 atom stereocenters. The molecule has 3 amide bonds. The highest BCUT2D eigenvalue weighted by molar-refractivity contribution is 7.89. The first kappa shape index (κ1) is 23.9. The minimum atomic E-state index is -4.05. The van der Waals surface area contributed by atoms with Crippen molar-refractivity contribution in [3.63, 3.8) is 0 Å². The molecule has 0 heterocycles. The fraction of sp³-hybridized carbons (Fsp3) is 0.211. The molecule has 0 aromatic heterocycles. The summed E-state index contributed by atoms with van der Waals surface area (Å²) in [7, 11) is -4.05. The third-order valence-corrected chi connectivity index (χ3v) is 5.39. The number of amides is 3. The summed E-state index contributed by atoms with van der Waals surface area (Å²) in [6.07, 6.45) is 0. The van der Waals surface area contributed by atoms with Gasteiger partial charge in [-0.2, -0.15) is 4.72 Å². The second-order valence-corrected chi connectivity index (χ2v) is 8.16. The van der Waals surface area contributed by atoms with Crippen molar-refractivity contribution >= 4 is 39.1 Å². The maximum absolute atomic E-state index is 13.1. The Kier molecular flexibility index (Phi) is 7.78. The van der Waals surface area contributed by atoms with Gasteiger partial charge in [0.05, 0.1) is 17.5 Å². The number of halogens is 2. The molecule has 0 saturated heterocycles. The summed E-state index contributed by atoms with van der Waals surface area (Å²) < 4.78 is 53.0. The summed E-state index contributed by atoms with van der Waals surface area (Å²) in [4.78, 5) is 34.8. The quantitative estimate of drug-likeness (QED) is 0.478. The Labute approximate surface area is 177 Å². The van der Waals surface area contributed by atoms with Gasteiger partial charge in [-0.1, -0.05) is 0 Å². The van der Waals surface area contributed by atoms with E-state index in [0.717, 1.165) is 18.2 Å². The predicted molar refractivity (Wildman–Crippen MR) is 109 cm³/mol. The first-order chi connectivity index (χ1) is 14.5. The zero-order valence-electron chi connectivity index (χ0n) is 16.5. The highest BCUT2D eigenvalue weighted by Crippen LogP contribution is 2.15. The largest absolute Gasteiger partial charge is 0.346 e. The van der Waals surface area contributed by atoms with Crippen molar-refractivity contribution in [1.29, 1.82) is 0 Å². The highest BCUT2D eigenvalue weighted by atomic mass is 32.2. The van der Waals surface area contributed by atoms with E-state index in [9.17, 15) is 31.6 Å². The van der Waals surface area contributed by atoms with Crippen LogP contribution in [-0.2, 0) is 24.4 Å². The SMILES string of the molecule is CC(=O)Nc1ccc(S(=O)(=O)N[C@H](C)C(=O)NCC(=O)Nc2ccc(F)c(F)c2)cc1. The van der Waals surface area contributed by atoms with Gasteiger partial charge in [0.15, 0.2) is 11.6 Å². The van der Waals surface area contributed by atoms with Crippen LogP contribution < -0.4 is 20.7 Å². The minimum Gasteiger partial charge on any atom is -0.346 e. The predicted octanol–water partition coefficient (Wildman–Crippen LogP) is 1.34. The number of rotatable bonds is 8. The lowest BCUT2D eigenvalue weighted by Gasteiger charge is -2.15. The molecule has 4 N–H and O–H groups in total. The topological polar surface area (TPSA) is 133 Å². The Hall–Kier alpha value is -3.38. The summed E-state index contributed by atoms with van der Waals surface area (Å²) in [5.41, 5.74) is 0.402. The molecule has 0 fully saturated rings. The Bertz CT molecular complexity index is 1090. The molecule has 0 saturated carbocycles. The van der Waals surface area contributed by atoms with Crippen LogP contribution in [0.3, 0.4) is 0 Å². The van der Waals surface area contributed by atoms with E-state index in [1.54, 1.807) is 0 Å². The smallest absolute Gasteiger partial charge is 0.243 e. The van der Waals surface area contributed by atoms with Gasteiger partial charge in [-0.25, -0.2) is 17.2 Å². The molecular formula is C19H20F2N4O5S. The Morgan fingerprint density at radius 3 is 2.13 bits per heavy atom. The van der Waals surface area contributed by atoms with Crippen molar-refractivity contribution < 1.29 is 31.6 Å². The van der Waals surface area contributed by atoms with Crippen LogP contribution >= 0.6 is 0 Å². The molecule has 0 aliphatic heterocycles. The molecule has 0 aliphatic carbocycles. The highest BCUT2D eigenvalue weighted by Gasteiger charge is 2.22. The molecule has 12 heteroatoms. The van der Waals surface area contributed by atoms with Gasteiger partial charge in [-0.3, -0.25) is 14.4 Å². The third-order valence-electron chi connectivity index (χ3n) is 3.84. The maximum atomic E-state index is 13.1. The van der Waals surface area contributed by atoms with Crippen molar-refractivity contribution in [1.82, 2.24) is 10.0 Å². The van der Waals surface area contributed by atoms with E-state index in [2.05, 4.69) is 20.7 Å². The number of carbonyl (C=O) groups is 3. The lowest BCUT2D eigenvalue weighted by molar-refractivity contribution is -0.125. The van der Waals surface area contributed by atoms with Crippen molar-refractivity contribution in [3.8, 4) is 0 Å². The van der Waals surface area contributed by atoms with Crippen LogP contribution in [-0.4, -0.2) is 38.7 Å². The van der Waals surface area contributed by atoms with Gasteiger partial charge >= 0.3 is 0 Å². The maximum Gasteiger partial charge on any atom is 0.243 e. The molecule has 9 nitrogen and oxygen atoms in total. The van der Waals surface area contributed by atoms with Crippen molar-refractivity contribution in [2.45, 2.75) is 24.8 Å². The third kappa shape index (κ3) is 7.12. The van der Waals surface area contributed by atoms with Gasteiger partial charge in [-0.05, 0) is 43.3 Å². The van der Waals surface area contributed by atoms with E-state index in [1.807, 2.05) is 0 Å². The van der Waals surface area contributed by atoms with E-state index in [4.69, 9.17) is 0 Å². The van der Waals surface area contributed by atoms with E-state index < -0.39 is 46.1 Å². The van der Waals surface area contributed by atoms with Crippen LogP contribution in [0.1, 0.15) is 13.8 Å². The normalized spacial score (nSPS) is 12.0. The first-order valence-corrected chi connectivity index (χ1v) is 10.4. The number of benzene rings is 2. The molecule has 0 unspecified atom stereocenters. The van der Waals surface area contributed by atoms with Crippen LogP contribution in [0.25, 0.3) is 0 Å². The number of hydrogen-bond acceptors (Lipinski definition) is 5. The minimum absolute atomic E-state index is 0.00499. The second kappa shape index (κ2) is 10.1. The Balaban J connectivity index is 1.89. The summed E-state index contributed by atoms with van der Waals surface area (Å²) in [5, 5.41) is 7.01. The number of nitrogens with one attached hydrogen (secondary N) is 4. The zero-order chi connectivity index (χ0) is 23.2. The Morgan fingerprint density at radius 2 is 1.55 bits per heavy atom. The van der Waals surface area contributed by atoms with Crippen LogP contribution in [0.5, 0.6) is 0 Å². The standard InChI is InChI=1S/C19H20F2N4O5S/c1-11(25-31(29,30)15-6-3-13(4-7-15)23-12(2)26)19(28)22-10-18(27)24-14-5-8-16(20)17(21)9-14/h3-9,11,25H,10H2,1-2H3,(H,22,28)(H,23,26)(H,24,27)/t11-/m1/s1. The van der Waals surface area contributed by atoms with Gasteiger partial charge in [-0.15, -0.1) is 0 Å². The summed E-state index contributed by atoms with van der Waals surface area (Å²) >= 11 is 0. The van der Waals surface area contributed by atoms with Gasteiger partial charge in [0.25, 0.3) is 0 Å². The summed E-state index contributed by atoms with van der Waals surface area (Å²) in [6, 6.07) is 6.85. The molecule has 2 rings (SSSR count). The molecule has 2 aromatic rings. The van der Waals surface area contributed by atoms with E-state index in [1.165, 1.54) is 38.1 Å². The number of sulfonamides is 1. The lowest BCUT2D eigenvalue weighted by atomic mass is 10.3. The molecule has 0 spiro atoms. The number of carbonyl (C=O) groups excluding carboxylic acids is 3. The van der Waals surface area contributed by atoms with Crippen LogP contribution in [0.2, 0.25) is 0 Å². The van der Waals surface area contributed by atoms with Crippen LogP contribution in [0.15, 0.2) is 47.4 Å². The number of hydrogen-bond donors (Lipinski definition) is 4. The van der Waals surface area contributed by atoms with Gasteiger partial charge in [0, 0.05) is 24.4 Å². The molecule has 0 bridgehead atoms. The second-order valence-electron chi connectivity index (χ2n) is 6.44. The van der Waals surface area contributed by atoms with E-state index >= 15 is 0 Å². The van der Waals surface area contributed by atoms with E-state index in [0.29, 0.717) is 5.69 Å². The molecule has 166 valence electrons. The van der Waals surface area contributed by atoms with Gasteiger partial charge < -0.3 is 16.0 Å². The lowest BCUT2D eigenvalue weighted by Crippen LogP contribution is -2.46. The average Bonchev–Trinajstić information content (AvgIpc) is 2.68. The summed E-state index contributed by atoms with van der Waals surface area (Å²) in [5.74, 6) is -4.03. The average molecular weight is 454 g/mol. The van der Waals surface area contributed by atoms with Crippen LogP contribution in [0.4, 0.5) is 20.2 Å². The first-order valence-electron chi connectivity index (χ1n) is 8.90. The van der Waals surface area contributed by atoms with Crippen molar-refractivity contribution in [3.05, 3.63) is 54.1 Å². The van der Waals surface area contributed by atoms with Gasteiger partial charge in [0.2, 0.25) is 27.7 Å². The molecule has 0 radical (unpaired) electrons. The summed E-state index contributed by atoms with van der Waals surface area (Å²) in [6.45, 7) is 2.08. The molecule has 2 aromatic carbocycles. The van der Waals surface area contributed by atoms with Gasteiger partial charge in [0.1, 0.15) is 0 Å². The monoisotopic (exact) mass is 454 g/mol. The van der Waals surface area contributed by atoms with Crippen LogP contribution in [0, 0.1) is 11.6 Å². The van der Waals surface area contributed by atoms with E-state index in [-0.39, 0.29) is 16.5 Å². The zero-order valence-corrected chi connectivity index (χ0v) is 17.3. The molecule has 31 heavy (non-hydrogen) atoms. The number of anilines is 2. The van der Waals surface area contributed by atoms with Crippen molar-refractivity contribution in [2.75, 3.05) is 17.2 Å².